The molecule has 10 heteroatoms. The molecule has 0 aliphatic rings. The standard InChI is InChI=1S/C35H46O4.C34H44O4.CH4O2/c1-9-35(10-2,28-13-11-26(23(3)17-28)12-16-32(37)34(5,6)7)29-14-15-31(24(4)18-29)27-19-25(20-30(36)22-27)21-33(38)39-8;1-8-34(9-2,27-12-10-25(22(3)16-27)11-15-31(36)33(5,6)7)28-13-14-30(23(4)17-28)26-18-24(20-32(37)38)19-29(35)21-26;1-3-2/h11,13-15,17-20,22,32,36-37H,9-10,12,16,21H2,1-8H3;10,12-14,16-19,21,31,35-36H,8-9,11,15,20H2,1-7H3,(H,37,38);2H,1H3. The van der Waals surface area contributed by atoms with Crippen molar-refractivity contribution >= 4 is 11.9 Å². The topological polar surface area (TPSA) is 174 Å². The number of carbonyl (C=O) groups excluding carboxylic acids is 1. The number of carbonyl (C=O) groups is 2. The first-order valence-electron chi connectivity index (χ1n) is 28.5. The fourth-order valence-corrected chi connectivity index (χ4v) is 11.3. The van der Waals surface area contributed by atoms with Gasteiger partial charge >= 0.3 is 11.9 Å². The Morgan fingerprint density at radius 2 is 0.812 bits per heavy atom. The summed E-state index contributed by atoms with van der Waals surface area (Å²) in [6.07, 6.45) is 6.42. The maximum absolute atomic E-state index is 11.8. The molecule has 0 fully saturated rings. The number of rotatable bonds is 20. The molecule has 0 saturated carbocycles. The van der Waals surface area contributed by atoms with Crippen molar-refractivity contribution in [1.29, 1.82) is 0 Å². The van der Waals surface area contributed by atoms with E-state index in [0.717, 1.165) is 90.3 Å². The van der Waals surface area contributed by atoms with E-state index in [9.17, 15) is 35.1 Å². The van der Waals surface area contributed by atoms with Gasteiger partial charge in [-0.25, -0.2) is 4.89 Å². The van der Waals surface area contributed by atoms with Crippen molar-refractivity contribution in [2.75, 3.05) is 14.2 Å². The molecule has 6 aromatic carbocycles. The van der Waals surface area contributed by atoms with Gasteiger partial charge in [0.25, 0.3) is 0 Å². The van der Waals surface area contributed by atoms with E-state index in [1.165, 1.54) is 64.8 Å². The van der Waals surface area contributed by atoms with Gasteiger partial charge in [0.15, 0.2) is 0 Å². The maximum atomic E-state index is 11.8. The van der Waals surface area contributed by atoms with E-state index in [4.69, 9.17) is 9.99 Å². The molecule has 0 bridgehead atoms. The smallest absolute Gasteiger partial charge is 0.309 e. The Morgan fingerprint density at radius 1 is 0.487 bits per heavy atom. The molecule has 0 aliphatic carbocycles. The number of benzene rings is 6. The number of aliphatic carboxylic acids is 1. The zero-order valence-electron chi connectivity index (χ0n) is 50.9. The lowest BCUT2D eigenvalue weighted by Gasteiger charge is -2.34. The third-order valence-electron chi connectivity index (χ3n) is 16.6. The molecule has 0 aromatic heterocycles. The van der Waals surface area contributed by atoms with Gasteiger partial charge in [-0.2, -0.15) is 0 Å². The molecule has 0 amide bonds. The highest BCUT2D eigenvalue weighted by Gasteiger charge is 2.33. The summed E-state index contributed by atoms with van der Waals surface area (Å²) >= 11 is 0. The Bertz CT molecular complexity index is 3000. The van der Waals surface area contributed by atoms with E-state index in [1.807, 2.05) is 12.1 Å². The lowest BCUT2D eigenvalue weighted by Crippen LogP contribution is -2.27. The molecule has 0 saturated heterocycles. The lowest BCUT2D eigenvalue weighted by atomic mass is 9.69. The van der Waals surface area contributed by atoms with Crippen LogP contribution >= 0.6 is 0 Å². The molecule has 6 N–H and O–H groups in total. The van der Waals surface area contributed by atoms with Gasteiger partial charge in [0.1, 0.15) is 11.5 Å². The fourth-order valence-electron chi connectivity index (χ4n) is 11.3. The van der Waals surface area contributed by atoms with Crippen LogP contribution < -0.4 is 0 Å². The van der Waals surface area contributed by atoms with Crippen LogP contribution in [0.1, 0.15) is 175 Å². The number of phenolic OH excluding ortho intramolecular Hbond substituents is 2. The predicted octanol–water partition coefficient (Wildman–Crippen LogP) is 15.7. The maximum Gasteiger partial charge on any atom is 0.309 e. The van der Waals surface area contributed by atoms with Gasteiger partial charge in [0, 0.05) is 10.8 Å². The van der Waals surface area contributed by atoms with Crippen molar-refractivity contribution in [1.82, 2.24) is 0 Å². The first-order valence-corrected chi connectivity index (χ1v) is 28.5. The lowest BCUT2D eigenvalue weighted by molar-refractivity contribution is -0.214. The Kier molecular flexibility index (Phi) is 23.9. The average molecular weight is 1100 g/mol. The number of carboxylic acids is 1. The Balaban J connectivity index is 0.000000328. The van der Waals surface area contributed by atoms with E-state index >= 15 is 0 Å². The normalized spacial score (nSPS) is 12.6. The number of aryl methyl sites for hydroxylation is 6. The van der Waals surface area contributed by atoms with Gasteiger partial charge in [-0.05, 0) is 203 Å². The third-order valence-corrected chi connectivity index (χ3v) is 16.6. The van der Waals surface area contributed by atoms with Crippen LogP contribution in [0, 0.1) is 38.5 Å². The molecular weight excluding hydrogens is 1000 g/mol. The van der Waals surface area contributed by atoms with Crippen molar-refractivity contribution in [3.05, 3.63) is 176 Å². The summed E-state index contributed by atoms with van der Waals surface area (Å²) in [5, 5.41) is 57.8. The molecule has 0 heterocycles. The van der Waals surface area contributed by atoms with Gasteiger partial charge in [-0.1, -0.05) is 154 Å². The fraction of sp³-hybridized carbons (Fsp3) is 0.457. The van der Waals surface area contributed by atoms with Crippen molar-refractivity contribution in [3.63, 3.8) is 0 Å². The van der Waals surface area contributed by atoms with Crippen LogP contribution in [0.25, 0.3) is 22.3 Å². The Hall–Kier alpha value is -6.30. The molecule has 0 spiro atoms. The average Bonchev–Trinajstić information content (AvgIpc) is 3.55. The number of methoxy groups -OCH3 is 1. The number of aliphatic hydroxyl groups excluding tert-OH is 2. The van der Waals surface area contributed by atoms with Crippen LogP contribution in [0.3, 0.4) is 0 Å². The van der Waals surface area contributed by atoms with Crippen LogP contribution in [0.4, 0.5) is 0 Å². The zero-order chi connectivity index (χ0) is 59.9. The number of hydrogen-bond acceptors (Lipinski definition) is 9. The molecule has 2 atom stereocenters. The van der Waals surface area contributed by atoms with E-state index in [0.29, 0.717) is 5.56 Å². The van der Waals surface area contributed by atoms with E-state index in [-0.39, 0.29) is 64.2 Å². The highest BCUT2D eigenvalue weighted by atomic mass is 17.1. The van der Waals surface area contributed by atoms with E-state index < -0.39 is 5.97 Å². The minimum absolute atomic E-state index is 0.0734. The molecule has 6 rings (SSSR count). The first-order chi connectivity index (χ1) is 37.6. The highest BCUT2D eigenvalue weighted by molar-refractivity contribution is 5.76. The quantitative estimate of drug-likeness (QED) is 0.0245. The third kappa shape index (κ3) is 16.9. The van der Waals surface area contributed by atoms with E-state index in [1.54, 1.807) is 18.2 Å². The van der Waals surface area contributed by atoms with Crippen molar-refractivity contribution in [2.45, 2.75) is 184 Å². The number of hydrogen-bond donors (Lipinski definition) is 6. The van der Waals surface area contributed by atoms with Crippen LogP contribution in [-0.2, 0) is 55.7 Å². The Morgan fingerprint density at radius 3 is 1.10 bits per heavy atom. The first kappa shape index (κ1) is 66.2. The summed E-state index contributed by atoms with van der Waals surface area (Å²) < 4.78 is 4.80. The largest absolute Gasteiger partial charge is 0.508 e. The SMILES string of the molecule is CCC(CC)(c1ccc(CCC(O)C(C)(C)C)c(C)c1)c1ccc(-c2cc(O)cc(CC(=O)O)c2)c(C)c1.CCC(CC)(c1ccc(CCC(O)C(C)(C)C)c(C)c1)c1ccc(-c2cc(O)cc(CC(=O)OC)c2)c(C)c1.COO. The Labute approximate surface area is 478 Å². The second kappa shape index (κ2) is 28.9. The summed E-state index contributed by atoms with van der Waals surface area (Å²) in [6.45, 7) is 30.0. The number of carboxylic acid groups (broad SMARTS) is 1. The number of ether oxygens (including phenoxy) is 1. The van der Waals surface area contributed by atoms with Gasteiger partial charge in [-0.15, -0.1) is 0 Å². The van der Waals surface area contributed by atoms with Crippen LogP contribution in [0.2, 0.25) is 0 Å². The van der Waals surface area contributed by atoms with Gasteiger partial charge < -0.3 is 30.3 Å². The molecule has 10 nitrogen and oxygen atoms in total. The van der Waals surface area contributed by atoms with Gasteiger partial charge in [0.2, 0.25) is 0 Å². The monoisotopic (exact) mass is 1090 g/mol. The zero-order valence-corrected chi connectivity index (χ0v) is 50.9. The van der Waals surface area contributed by atoms with Crippen LogP contribution in [0.5, 0.6) is 11.5 Å². The summed E-state index contributed by atoms with van der Waals surface area (Å²) in [4.78, 5) is 26.3. The van der Waals surface area contributed by atoms with E-state index in [2.05, 4.69) is 175 Å². The number of esters is 1. The van der Waals surface area contributed by atoms with Crippen molar-refractivity contribution in [2.24, 2.45) is 10.8 Å². The summed E-state index contributed by atoms with van der Waals surface area (Å²) in [7, 11) is 2.55. The molecule has 2 unspecified atom stereocenters. The predicted molar refractivity (Wildman–Crippen MR) is 326 cm³/mol. The van der Waals surface area contributed by atoms with Gasteiger partial charge in [-0.3, -0.25) is 14.8 Å². The van der Waals surface area contributed by atoms with Crippen molar-refractivity contribution in [3.8, 4) is 33.8 Å². The minimum atomic E-state index is -0.920. The summed E-state index contributed by atoms with van der Waals surface area (Å²) in [5.74, 6) is -1.04. The highest BCUT2D eigenvalue weighted by Crippen LogP contribution is 2.44. The number of aromatic hydroxyl groups is 2. The van der Waals surface area contributed by atoms with Crippen molar-refractivity contribution < 1.29 is 50.0 Å². The number of phenols is 2. The summed E-state index contributed by atoms with van der Waals surface area (Å²) in [6, 6.07) is 37.2. The summed E-state index contributed by atoms with van der Waals surface area (Å²) in [5.41, 5.74) is 17.0. The second-order valence-electron chi connectivity index (χ2n) is 24.0. The molecule has 80 heavy (non-hydrogen) atoms. The van der Waals surface area contributed by atoms with Crippen LogP contribution in [-0.4, -0.2) is 69.2 Å². The molecule has 0 aliphatic heterocycles. The molecular formula is C70H94O10. The molecule has 0 radical (unpaired) electrons. The minimum Gasteiger partial charge on any atom is -0.508 e. The molecule has 434 valence electrons. The second-order valence-corrected chi connectivity index (χ2v) is 24.0. The number of aliphatic hydroxyl groups is 2. The van der Waals surface area contributed by atoms with Gasteiger partial charge in [0.05, 0.1) is 39.3 Å². The molecule has 6 aromatic rings. The van der Waals surface area contributed by atoms with Crippen LogP contribution in [0.15, 0.2) is 109 Å².